The molecule has 0 unspecified atom stereocenters. The number of hydrogen-bond acceptors (Lipinski definition) is 6. The Kier molecular flexibility index (Phi) is 8.66. The van der Waals surface area contributed by atoms with Crippen LogP contribution in [0.1, 0.15) is 30.9 Å². The molecule has 0 radical (unpaired) electrons. The molecule has 0 spiro atoms. The fourth-order valence-corrected chi connectivity index (χ4v) is 5.07. The first-order valence-electron chi connectivity index (χ1n) is 10.4. The van der Waals surface area contributed by atoms with E-state index >= 15 is 0 Å². The van der Waals surface area contributed by atoms with Crippen molar-refractivity contribution in [3.63, 3.8) is 0 Å². The van der Waals surface area contributed by atoms with Gasteiger partial charge in [-0.1, -0.05) is 65.9 Å². The number of carbonyl (C=O) groups excluding carboxylic acids is 2. The molecule has 0 aliphatic carbocycles. The van der Waals surface area contributed by atoms with Crippen LogP contribution in [0.2, 0.25) is 5.02 Å². The summed E-state index contributed by atoms with van der Waals surface area (Å²) in [5.74, 6) is -2.38. The summed E-state index contributed by atoms with van der Waals surface area (Å²) < 4.78 is 0.333. The number of halogens is 1. The highest BCUT2D eigenvalue weighted by Crippen LogP contribution is 2.45. The Morgan fingerprint density at radius 1 is 1.00 bits per heavy atom. The molecular weight excluding hydrogens is 512 g/mol. The second-order valence-electron chi connectivity index (χ2n) is 7.58. The van der Waals surface area contributed by atoms with E-state index in [9.17, 15) is 14.4 Å². The van der Waals surface area contributed by atoms with Gasteiger partial charge in [0.25, 0.3) is 17.8 Å². The number of amides is 2. The zero-order valence-corrected chi connectivity index (χ0v) is 21.0. The molecular formula is C24H21ClN2O6S2. The third-order valence-corrected chi connectivity index (χ3v) is 6.73. The Bertz CT molecular complexity index is 1220. The molecule has 2 aliphatic heterocycles. The molecule has 2 heterocycles. The maximum Gasteiger partial charge on any atom is 0.303 e. The van der Waals surface area contributed by atoms with Crippen LogP contribution in [-0.2, 0) is 25.7 Å². The zero-order valence-electron chi connectivity index (χ0n) is 18.6. The fraction of sp³-hybridized carbons (Fsp3) is 0.208. The van der Waals surface area contributed by atoms with Crippen LogP contribution in [0.3, 0.4) is 0 Å². The first-order chi connectivity index (χ1) is 16.6. The van der Waals surface area contributed by atoms with Crippen LogP contribution >= 0.6 is 35.6 Å². The van der Waals surface area contributed by atoms with Crippen LogP contribution in [0.25, 0.3) is 5.57 Å². The van der Waals surface area contributed by atoms with Gasteiger partial charge in [-0.25, -0.2) is 0 Å². The summed E-state index contributed by atoms with van der Waals surface area (Å²) in [6.07, 6.45) is 0.233. The highest BCUT2D eigenvalue weighted by Gasteiger charge is 2.41. The van der Waals surface area contributed by atoms with Gasteiger partial charge >= 0.3 is 5.97 Å². The minimum atomic E-state index is -0.929. The summed E-state index contributed by atoms with van der Waals surface area (Å²) >= 11 is 12.4. The molecule has 2 aliphatic rings. The number of nitrogens with zero attached hydrogens (tertiary/aromatic N) is 2. The average molecular weight is 533 g/mol. The summed E-state index contributed by atoms with van der Waals surface area (Å²) in [6.45, 7) is 1.63. The number of carboxylic acid groups (broad SMARTS) is 2. The number of hydrogen-bond donors (Lipinski definition) is 2. The molecule has 2 N–H and O–H groups in total. The maximum absolute atomic E-state index is 13.4. The van der Waals surface area contributed by atoms with Crippen LogP contribution in [0, 0.1) is 0 Å². The number of para-hydroxylation sites is 1. The van der Waals surface area contributed by atoms with Crippen molar-refractivity contribution < 1.29 is 29.4 Å². The summed E-state index contributed by atoms with van der Waals surface area (Å²) in [5, 5.41) is 16.9. The third kappa shape index (κ3) is 6.27. The molecule has 8 nitrogen and oxygen atoms in total. The van der Waals surface area contributed by atoms with E-state index in [0.29, 0.717) is 27.0 Å². The number of thiocarbonyl (C=S) groups is 1. The van der Waals surface area contributed by atoms with Crippen molar-refractivity contribution in [1.29, 1.82) is 0 Å². The van der Waals surface area contributed by atoms with Gasteiger partial charge in [-0.05, 0) is 30.2 Å². The van der Waals surface area contributed by atoms with E-state index in [2.05, 4.69) is 0 Å². The predicted octanol–water partition coefficient (Wildman–Crippen LogP) is 4.41. The number of carbonyl (C=O) groups is 4. The molecule has 0 saturated carbocycles. The molecule has 1 fully saturated rings. The Morgan fingerprint density at radius 3 is 2.26 bits per heavy atom. The molecule has 2 aromatic carbocycles. The van der Waals surface area contributed by atoms with Gasteiger partial charge in [-0.2, -0.15) is 0 Å². The second-order valence-corrected chi connectivity index (χ2v) is 9.66. The Balaban J connectivity index is 0.000000795. The van der Waals surface area contributed by atoms with E-state index in [0.717, 1.165) is 29.9 Å². The third-order valence-electron chi connectivity index (χ3n) is 5.03. The smallest absolute Gasteiger partial charge is 0.303 e. The average Bonchev–Trinajstić information content (AvgIpc) is 3.22. The lowest BCUT2D eigenvalue weighted by atomic mass is 10.1. The molecule has 2 amide bonds. The van der Waals surface area contributed by atoms with Gasteiger partial charge in [-0.3, -0.25) is 24.1 Å². The Morgan fingerprint density at radius 2 is 1.63 bits per heavy atom. The molecule has 35 heavy (non-hydrogen) atoms. The van der Waals surface area contributed by atoms with Crippen molar-refractivity contribution in [2.45, 2.75) is 26.3 Å². The van der Waals surface area contributed by atoms with E-state index < -0.39 is 11.9 Å². The lowest BCUT2D eigenvalue weighted by molar-refractivity contribution is -0.137. The minimum absolute atomic E-state index is 0.0560. The Labute approximate surface area is 216 Å². The highest BCUT2D eigenvalue weighted by molar-refractivity contribution is 8.26. The molecule has 0 bridgehead atoms. The molecule has 4 rings (SSSR count). The fourth-order valence-electron chi connectivity index (χ4n) is 3.56. The molecule has 1 saturated heterocycles. The van der Waals surface area contributed by atoms with Crippen molar-refractivity contribution >= 4 is 74.9 Å². The standard InChI is InChI=1S/C22H17ClN2O4S2.C2H4O2/c23-14-9-7-13(8-10-14)12-25-16-5-2-1-4-15(16)18(20(25)28)19-21(29)24(22(30)31-19)11-3-6-17(26)27;1-2(3)4/h1-2,4-5,7-10H,3,6,11-12H2,(H,26,27);1H3,(H,3,4)/b19-18+;. The van der Waals surface area contributed by atoms with E-state index in [1.54, 1.807) is 17.0 Å². The van der Waals surface area contributed by atoms with Crippen LogP contribution in [0.5, 0.6) is 0 Å². The highest BCUT2D eigenvalue weighted by atomic mass is 35.5. The van der Waals surface area contributed by atoms with Crippen molar-refractivity contribution in [3.05, 3.63) is 69.6 Å². The number of carboxylic acids is 2. The van der Waals surface area contributed by atoms with Crippen LogP contribution in [0.15, 0.2) is 53.4 Å². The van der Waals surface area contributed by atoms with E-state index in [-0.39, 0.29) is 36.1 Å². The lowest BCUT2D eigenvalue weighted by Gasteiger charge is -2.17. The zero-order chi connectivity index (χ0) is 25.7. The number of benzene rings is 2. The van der Waals surface area contributed by atoms with Crippen LogP contribution < -0.4 is 4.90 Å². The molecule has 11 heteroatoms. The van der Waals surface area contributed by atoms with Crippen molar-refractivity contribution in [1.82, 2.24) is 4.90 Å². The Hall–Kier alpha value is -3.21. The number of rotatable bonds is 6. The van der Waals surface area contributed by atoms with E-state index in [4.69, 9.17) is 38.8 Å². The summed E-state index contributed by atoms with van der Waals surface area (Å²) in [5.41, 5.74) is 2.67. The van der Waals surface area contributed by atoms with Crippen molar-refractivity contribution in [2.75, 3.05) is 11.4 Å². The van der Waals surface area contributed by atoms with Crippen LogP contribution in [0.4, 0.5) is 5.69 Å². The number of thioether (sulfide) groups is 1. The quantitative estimate of drug-likeness (QED) is 0.415. The normalized spacial score (nSPS) is 16.8. The molecule has 182 valence electrons. The van der Waals surface area contributed by atoms with Gasteiger partial charge in [0.15, 0.2) is 0 Å². The summed E-state index contributed by atoms with van der Waals surface area (Å²) in [7, 11) is 0. The van der Waals surface area contributed by atoms with E-state index in [1.165, 1.54) is 4.90 Å². The minimum Gasteiger partial charge on any atom is -0.481 e. The molecule has 2 aromatic rings. The predicted molar refractivity (Wildman–Crippen MR) is 138 cm³/mol. The van der Waals surface area contributed by atoms with Crippen LogP contribution in [-0.4, -0.2) is 49.7 Å². The van der Waals surface area contributed by atoms with Gasteiger partial charge in [-0.15, -0.1) is 0 Å². The number of fused-ring (bicyclic) bond motifs is 1. The van der Waals surface area contributed by atoms with Crippen molar-refractivity contribution in [3.8, 4) is 0 Å². The van der Waals surface area contributed by atoms with Gasteiger partial charge in [0, 0.05) is 30.5 Å². The van der Waals surface area contributed by atoms with Gasteiger partial charge in [0.05, 0.1) is 22.7 Å². The number of anilines is 1. The second kappa shape index (κ2) is 11.5. The summed E-state index contributed by atoms with van der Waals surface area (Å²) in [6, 6.07) is 14.6. The summed E-state index contributed by atoms with van der Waals surface area (Å²) in [4.78, 5) is 49.6. The maximum atomic E-state index is 13.4. The number of aliphatic carboxylic acids is 2. The van der Waals surface area contributed by atoms with Gasteiger partial charge in [0.1, 0.15) is 4.32 Å². The first kappa shape index (κ1) is 26.4. The first-order valence-corrected chi connectivity index (χ1v) is 12.1. The van der Waals surface area contributed by atoms with Gasteiger partial charge < -0.3 is 15.1 Å². The SMILES string of the molecule is CC(=O)O.O=C(O)CCCN1C(=O)/C(=C2\C(=O)N(Cc3ccc(Cl)cc3)c3ccccc32)SC1=S. The largest absolute Gasteiger partial charge is 0.481 e. The molecule has 0 aromatic heterocycles. The monoisotopic (exact) mass is 532 g/mol. The van der Waals surface area contributed by atoms with Crippen molar-refractivity contribution in [2.24, 2.45) is 0 Å². The topological polar surface area (TPSA) is 115 Å². The van der Waals surface area contributed by atoms with E-state index in [1.807, 2.05) is 36.4 Å². The lowest BCUT2D eigenvalue weighted by Crippen LogP contribution is -2.30. The van der Waals surface area contributed by atoms with Gasteiger partial charge in [0.2, 0.25) is 0 Å². The molecule has 0 atom stereocenters.